The first-order chi connectivity index (χ1) is 16.7. The SMILES string of the molecule is Cc1ncc(OCC(=O)CC2CCC(CCN3CCc4sc(CCC(F)(F)F)nc4C3)CC2)cn1. The van der Waals surface area contributed by atoms with Crippen molar-refractivity contribution in [3.63, 3.8) is 0 Å². The molecule has 10 heteroatoms. The van der Waals surface area contributed by atoms with Crippen LogP contribution >= 0.6 is 11.3 Å². The van der Waals surface area contributed by atoms with E-state index in [1.807, 2.05) is 0 Å². The minimum Gasteiger partial charge on any atom is -0.483 e. The molecule has 0 bridgehead atoms. The van der Waals surface area contributed by atoms with Gasteiger partial charge in [-0.3, -0.25) is 9.69 Å². The minimum atomic E-state index is -4.13. The zero-order valence-corrected chi connectivity index (χ0v) is 21.0. The first kappa shape index (κ1) is 26.0. The fourth-order valence-electron chi connectivity index (χ4n) is 4.94. The molecule has 35 heavy (non-hydrogen) atoms. The molecule has 0 N–H and O–H groups in total. The number of halogens is 3. The zero-order chi connectivity index (χ0) is 24.8. The van der Waals surface area contributed by atoms with Crippen molar-refractivity contribution in [2.24, 2.45) is 11.8 Å². The van der Waals surface area contributed by atoms with Gasteiger partial charge in [-0.25, -0.2) is 15.0 Å². The Morgan fingerprint density at radius 3 is 2.60 bits per heavy atom. The van der Waals surface area contributed by atoms with Crippen LogP contribution in [0.2, 0.25) is 0 Å². The van der Waals surface area contributed by atoms with Gasteiger partial charge in [-0.1, -0.05) is 12.8 Å². The molecule has 1 aliphatic carbocycles. The number of thiazole rings is 1. The van der Waals surface area contributed by atoms with E-state index in [0.29, 0.717) is 34.8 Å². The summed E-state index contributed by atoms with van der Waals surface area (Å²) in [5.74, 6) is 2.41. The van der Waals surface area contributed by atoms with Crippen LogP contribution in [0.4, 0.5) is 13.2 Å². The number of fused-ring (bicyclic) bond motifs is 1. The molecule has 1 fully saturated rings. The molecule has 0 radical (unpaired) electrons. The van der Waals surface area contributed by atoms with Crippen LogP contribution in [0.15, 0.2) is 12.4 Å². The number of nitrogens with zero attached hydrogens (tertiary/aromatic N) is 4. The minimum absolute atomic E-state index is 0.0145. The molecule has 1 saturated carbocycles. The van der Waals surface area contributed by atoms with Crippen LogP contribution in [-0.2, 0) is 24.2 Å². The van der Waals surface area contributed by atoms with Crippen molar-refractivity contribution in [2.75, 3.05) is 19.7 Å². The van der Waals surface area contributed by atoms with Crippen LogP contribution < -0.4 is 4.74 Å². The molecule has 0 atom stereocenters. The Morgan fingerprint density at radius 2 is 1.89 bits per heavy atom. The summed E-state index contributed by atoms with van der Waals surface area (Å²) in [6.45, 7) is 4.56. The maximum absolute atomic E-state index is 12.5. The van der Waals surface area contributed by atoms with E-state index in [1.165, 1.54) is 11.3 Å². The second kappa shape index (κ2) is 11.8. The van der Waals surface area contributed by atoms with E-state index in [0.717, 1.165) is 68.7 Å². The van der Waals surface area contributed by atoms with E-state index >= 15 is 0 Å². The smallest absolute Gasteiger partial charge is 0.389 e. The lowest BCUT2D eigenvalue weighted by Gasteiger charge is -2.31. The van der Waals surface area contributed by atoms with Gasteiger partial charge in [-0.05, 0) is 51.0 Å². The summed E-state index contributed by atoms with van der Waals surface area (Å²) < 4.78 is 43.0. The van der Waals surface area contributed by atoms with Crippen molar-refractivity contribution in [1.82, 2.24) is 19.9 Å². The molecule has 0 aromatic carbocycles. The van der Waals surface area contributed by atoms with Crippen molar-refractivity contribution < 1.29 is 22.7 Å². The summed E-state index contributed by atoms with van der Waals surface area (Å²) >= 11 is 1.45. The Morgan fingerprint density at radius 1 is 1.17 bits per heavy atom. The molecule has 2 aromatic rings. The number of carbonyl (C=O) groups is 1. The molecule has 0 amide bonds. The molecule has 6 nitrogen and oxygen atoms in total. The van der Waals surface area contributed by atoms with Crippen molar-refractivity contribution in [3.8, 4) is 5.75 Å². The highest BCUT2D eigenvalue weighted by Gasteiger charge is 2.29. The molecule has 0 unspecified atom stereocenters. The Balaban J connectivity index is 1.12. The fraction of sp³-hybridized carbons (Fsp3) is 0.680. The van der Waals surface area contributed by atoms with Crippen LogP contribution in [0.1, 0.15) is 66.3 Å². The van der Waals surface area contributed by atoms with Crippen LogP contribution in [0.3, 0.4) is 0 Å². The van der Waals surface area contributed by atoms with Crippen LogP contribution in [0.25, 0.3) is 0 Å². The number of ketones is 1. The van der Waals surface area contributed by atoms with Crippen molar-refractivity contribution in [2.45, 2.75) is 77.4 Å². The molecular weight excluding hydrogens is 477 g/mol. The average Bonchev–Trinajstić information content (AvgIpc) is 3.24. The Labute approximate surface area is 208 Å². The van der Waals surface area contributed by atoms with E-state index in [1.54, 1.807) is 19.3 Å². The quantitative estimate of drug-likeness (QED) is 0.431. The van der Waals surface area contributed by atoms with Crippen LogP contribution in [0, 0.1) is 18.8 Å². The van der Waals surface area contributed by atoms with E-state index in [-0.39, 0.29) is 18.8 Å². The molecule has 3 heterocycles. The Kier molecular flexibility index (Phi) is 8.75. The van der Waals surface area contributed by atoms with E-state index in [9.17, 15) is 18.0 Å². The number of hydrogen-bond donors (Lipinski definition) is 0. The van der Waals surface area contributed by atoms with Gasteiger partial charge in [0.1, 0.15) is 12.4 Å². The highest BCUT2D eigenvalue weighted by Crippen LogP contribution is 2.34. The normalized spacial score (nSPS) is 21.0. The largest absolute Gasteiger partial charge is 0.483 e. The molecule has 1 aliphatic heterocycles. The van der Waals surface area contributed by atoms with Gasteiger partial charge < -0.3 is 4.74 Å². The van der Waals surface area contributed by atoms with Crippen LogP contribution in [0.5, 0.6) is 5.75 Å². The lowest BCUT2D eigenvalue weighted by atomic mass is 9.78. The number of aromatic nitrogens is 3. The summed E-state index contributed by atoms with van der Waals surface area (Å²) in [5.41, 5.74) is 0.972. The van der Waals surface area contributed by atoms with Gasteiger partial charge in [0.05, 0.1) is 23.1 Å². The van der Waals surface area contributed by atoms with E-state index in [2.05, 4.69) is 19.9 Å². The lowest BCUT2D eigenvalue weighted by Crippen LogP contribution is -2.32. The van der Waals surface area contributed by atoms with Gasteiger partial charge in [0.15, 0.2) is 11.5 Å². The number of aryl methyl sites for hydroxylation is 2. The topological polar surface area (TPSA) is 68.2 Å². The predicted octanol–water partition coefficient (Wildman–Crippen LogP) is 5.33. The predicted molar refractivity (Wildman–Crippen MR) is 127 cm³/mol. The fourth-order valence-corrected chi connectivity index (χ4v) is 6.01. The standard InChI is InChI=1S/C25H33F3N4O2S/c1-17-29-13-21(14-30-17)34-16-20(33)12-19-4-2-18(3-5-19)7-10-32-11-8-23-22(15-32)31-24(35-23)6-9-25(26,27)28/h13-14,18-19H,2-12,15-16H2,1H3. The number of rotatable bonds is 10. The number of Topliss-reactive ketones (excluding diaryl/α,β-unsaturated/α-hetero) is 1. The molecule has 0 spiro atoms. The van der Waals surface area contributed by atoms with Gasteiger partial charge in [-0.15, -0.1) is 11.3 Å². The maximum atomic E-state index is 12.5. The highest BCUT2D eigenvalue weighted by molar-refractivity contribution is 7.11. The van der Waals surface area contributed by atoms with Gasteiger partial charge in [0, 0.05) is 37.2 Å². The summed E-state index contributed by atoms with van der Waals surface area (Å²) in [7, 11) is 0. The molecule has 2 aromatic heterocycles. The van der Waals surface area contributed by atoms with Crippen molar-refractivity contribution >= 4 is 17.1 Å². The van der Waals surface area contributed by atoms with Gasteiger partial charge >= 0.3 is 6.18 Å². The van der Waals surface area contributed by atoms with Crippen LogP contribution in [-0.4, -0.2) is 51.5 Å². The monoisotopic (exact) mass is 510 g/mol. The Hall–Kier alpha value is -2.07. The van der Waals surface area contributed by atoms with Crippen molar-refractivity contribution in [3.05, 3.63) is 33.8 Å². The third kappa shape index (κ3) is 8.24. The number of carbonyl (C=O) groups excluding carboxylic acids is 1. The van der Waals surface area contributed by atoms with Gasteiger partial charge in [-0.2, -0.15) is 13.2 Å². The summed E-state index contributed by atoms with van der Waals surface area (Å²) in [6.07, 6.45) is 5.23. The zero-order valence-electron chi connectivity index (χ0n) is 20.1. The summed E-state index contributed by atoms with van der Waals surface area (Å²) in [6, 6.07) is 0. The third-order valence-corrected chi connectivity index (χ3v) is 8.18. The van der Waals surface area contributed by atoms with Gasteiger partial charge in [0.2, 0.25) is 0 Å². The molecule has 2 aliphatic rings. The molecule has 4 rings (SSSR count). The number of alkyl halides is 3. The maximum Gasteiger partial charge on any atom is 0.389 e. The summed E-state index contributed by atoms with van der Waals surface area (Å²) in [5, 5.41) is 0.611. The number of ether oxygens (including phenoxy) is 1. The highest BCUT2D eigenvalue weighted by atomic mass is 32.1. The molecule has 0 saturated heterocycles. The second-order valence-corrected chi connectivity index (χ2v) is 11.0. The average molecular weight is 511 g/mol. The third-order valence-electron chi connectivity index (χ3n) is 6.97. The van der Waals surface area contributed by atoms with E-state index in [4.69, 9.17) is 4.74 Å². The van der Waals surface area contributed by atoms with Crippen molar-refractivity contribution in [1.29, 1.82) is 0 Å². The molecular formula is C25H33F3N4O2S. The van der Waals surface area contributed by atoms with Gasteiger partial charge in [0.25, 0.3) is 0 Å². The molecule has 192 valence electrons. The second-order valence-electron chi connectivity index (χ2n) is 9.79. The van der Waals surface area contributed by atoms with E-state index < -0.39 is 12.6 Å². The lowest BCUT2D eigenvalue weighted by molar-refractivity contribution is -0.134. The Bertz CT molecular complexity index is 972. The summed E-state index contributed by atoms with van der Waals surface area (Å²) in [4.78, 5) is 28.5. The number of hydrogen-bond acceptors (Lipinski definition) is 7. The first-order valence-electron chi connectivity index (χ1n) is 12.4. The first-order valence-corrected chi connectivity index (χ1v) is 13.2.